The lowest BCUT2D eigenvalue weighted by Crippen LogP contribution is -2.33. The molecule has 2 aromatic rings. The first-order valence-corrected chi connectivity index (χ1v) is 6.62. The molecule has 0 bridgehead atoms. The third kappa shape index (κ3) is 2.32. The fourth-order valence-electron chi connectivity index (χ4n) is 2.47. The Kier molecular flexibility index (Phi) is 3.28. The first-order chi connectivity index (χ1) is 9.67. The second-order valence-electron chi connectivity index (χ2n) is 5.06. The minimum atomic E-state index is -0.0423. The highest BCUT2D eigenvalue weighted by Gasteiger charge is 2.19. The maximum absolute atomic E-state index is 12.2. The molecule has 0 amide bonds. The van der Waals surface area contributed by atoms with Crippen LogP contribution in [-0.2, 0) is 13.0 Å². The molecule has 0 saturated carbocycles. The number of hydrogen-bond acceptors (Lipinski definition) is 4. The number of aromatic nitrogens is 2. The van der Waals surface area contributed by atoms with E-state index >= 15 is 0 Å². The number of nitrogens with one attached hydrogen (secondary N) is 1. The molecule has 1 N–H and O–H groups in total. The first kappa shape index (κ1) is 12.9. The molecule has 1 aliphatic heterocycles. The van der Waals surface area contributed by atoms with Crippen LogP contribution in [0.5, 0.6) is 5.75 Å². The Balaban J connectivity index is 2.07. The second kappa shape index (κ2) is 5.09. The number of ether oxygens (including phenoxy) is 1. The molecule has 3 rings (SSSR count). The van der Waals surface area contributed by atoms with Crippen molar-refractivity contribution in [3.8, 4) is 17.1 Å². The number of rotatable bonds is 2. The lowest BCUT2D eigenvalue weighted by Gasteiger charge is -2.23. The van der Waals surface area contributed by atoms with E-state index in [1.165, 1.54) is 0 Å². The lowest BCUT2D eigenvalue weighted by molar-refractivity contribution is 0.307. The van der Waals surface area contributed by atoms with Crippen LogP contribution in [0, 0.1) is 0 Å². The van der Waals surface area contributed by atoms with Crippen LogP contribution in [0.1, 0.15) is 11.3 Å². The molecule has 1 aromatic heterocycles. The van der Waals surface area contributed by atoms with E-state index in [1.54, 1.807) is 7.11 Å². The van der Waals surface area contributed by atoms with Gasteiger partial charge < -0.3 is 14.6 Å². The SMILES string of the molecule is COc1cccc(-c2nc3c(c(=O)[nH]2)CN(C)CC3)c1. The number of nitrogens with zero attached hydrogens (tertiary/aromatic N) is 2. The first-order valence-electron chi connectivity index (χ1n) is 6.62. The summed E-state index contributed by atoms with van der Waals surface area (Å²) in [5, 5.41) is 0. The van der Waals surface area contributed by atoms with E-state index in [0.717, 1.165) is 35.5 Å². The van der Waals surface area contributed by atoms with Crippen molar-refractivity contribution in [1.29, 1.82) is 0 Å². The molecule has 104 valence electrons. The maximum atomic E-state index is 12.2. The van der Waals surface area contributed by atoms with Gasteiger partial charge in [0.25, 0.3) is 5.56 Å². The molecular weight excluding hydrogens is 254 g/mol. The Morgan fingerprint density at radius 2 is 2.25 bits per heavy atom. The van der Waals surface area contributed by atoms with Crippen LogP contribution in [0.4, 0.5) is 0 Å². The fraction of sp³-hybridized carbons (Fsp3) is 0.333. The number of methoxy groups -OCH3 is 1. The molecule has 5 heteroatoms. The summed E-state index contributed by atoms with van der Waals surface area (Å²) in [6.45, 7) is 1.59. The minimum absolute atomic E-state index is 0.0423. The Morgan fingerprint density at radius 3 is 3.05 bits per heavy atom. The van der Waals surface area contributed by atoms with E-state index in [4.69, 9.17) is 4.74 Å². The van der Waals surface area contributed by atoms with Gasteiger partial charge in [-0.15, -0.1) is 0 Å². The standard InChI is InChI=1S/C15H17N3O2/c1-18-7-6-13-12(9-18)15(19)17-14(16-13)10-4-3-5-11(8-10)20-2/h3-5,8H,6-7,9H2,1-2H3,(H,16,17,19). The highest BCUT2D eigenvalue weighted by atomic mass is 16.5. The molecule has 0 spiro atoms. The molecule has 2 heterocycles. The van der Waals surface area contributed by atoms with E-state index in [-0.39, 0.29) is 5.56 Å². The van der Waals surface area contributed by atoms with Crippen LogP contribution in [0.2, 0.25) is 0 Å². The van der Waals surface area contributed by atoms with Crippen molar-refractivity contribution in [2.75, 3.05) is 20.7 Å². The van der Waals surface area contributed by atoms with Gasteiger partial charge in [0.1, 0.15) is 11.6 Å². The summed E-state index contributed by atoms with van der Waals surface area (Å²) in [7, 11) is 3.64. The third-order valence-corrected chi connectivity index (χ3v) is 3.60. The number of likely N-dealkylation sites (N-methyl/N-ethyl adjacent to an activating group) is 1. The summed E-state index contributed by atoms with van der Waals surface area (Å²) in [4.78, 5) is 21.8. The highest BCUT2D eigenvalue weighted by Crippen LogP contribution is 2.21. The largest absolute Gasteiger partial charge is 0.497 e. The average Bonchev–Trinajstić information content (AvgIpc) is 2.48. The monoisotopic (exact) mass is 271 g/mol. The average molecular weight is 271 g/mol. The van der Waals surface area contributed by atoms with Gasteiger partial charge in [-0.1, -0.05) is 12.1 Å². The van der Waals surface area contributed by atoms with E-state index in [1.807, 2.05) is 31.3 Å². The van der Waals surface area contributed by atoms with Gasteiger partial charge >= 0.3 is 0 Å². The summed E-state index contributed by atoms with van der Waals surface area (Å²) in [6, 6.07) is 7.55. The van der Waals surface area contributed by atoms with E-state index in [0.29, 0.717) is 12.4 Å². The van der Waals surface area contributed by atoms with E-state index < -0.39 is 0 Å². The van der Waals surface area contributed by atoms with Gasteiger partial charge in [0.15, 0.2) is 0 Å². The van der Waals surface area contributed by atoms with Gasteiger partial charge in [0.05, 0.1) is 18.4 Å². The molecule has 0 unspecified atom stereocenters. The van der Waals surface area contributed by atoms with Crippen molar-refractivity contribution < 1.29 is 4.74 Å². The Labute approximate surface area is 117 Å². The molecule has 5 nitrogen and oxygen atoms in total. The van der Waals surface area contributed by atoms with Gasteiger partial charge in [-0.25, -0.2) is 4.98 Å². The summed E-state index contributed by atoms with van der Waals surface area (Å²) >= 11 is 0. The van der Waals surface area contributed by atoms with Crippen molar-refractivity contribution in [2.45, 2.75) is 13.0 Å². The molecule has 0 aliphatic carbocycles. The molecule has 20 heavy (non-hydrogen) atoms. The van der Waals surface area contributed by atoms with E-state index in [9.17, 15) is 4.79 Å². The fourth-order valence-corrected chi connectivity index (χ4v) is 2.47. The Morgan fingerprint density at radius 1 is 1.40 bits per heavy atom. The Bertz CT molecular complexity index is 694. The normalized spacial score (nSPS) is 14.9. The van der Waals surface area contributed by atoms with Crippen molar-refractivity contribution in [1.82, 2.24) is 14.9 Å². The summed E-state index contributed by atoms with van der Waals surface area (Å²) in [5.74, 6) is 1.36. The zero-order valence-corrected chi connectivity index (χ0v) is 11.6. The van der Waals surface area contributed by atoms with Crippen molar-refractivity contribution in [3.63, 3.8) is 0 Å². The molecular formula is C15H17N3O2. The van der Waals surface area contributed by atoms with Gasteiger partial charge in [0.2, 0.25) is 0 Å². The lowest BCUT2D eigenvalue weighted by atomic mass is 10.1. The van der Waals surface area contributed by atoms with E-state index in [2.05, 4.69) is 14.9 Å². The molecule has 0 fully saturated rings. The number of fused-ring (bicyclic) bond motifs is 1. The number of H-pyrrole nitrogens is 1. The second-order valence-corrected chi connectivity index (χ2v) is 5.06. The van der Waals surface area contributed by atoms with Crippen LogP contribution in [-0.4, -0.2) is 35.6 Å². The molecule has 0 atom stereocenters. The predicted molar refractivity (Wildman–Crippen MR) is 76.9 cm³/mol. The summed E-state index contributed by atoms with van der Waals surface area (Å²) in [5.41, 5.74) is 2.51. The van der Waals surface area contributed by atoms with Crippen molar-refractivity contribution in [3.05, 3.63) is 45.9 Å². The number of benzene rings is 1. The van der Waals surface area contributed by atoms with Crippen LogP contribution in [0.3, 0.4) is 0 Å². The number of aromatic amines is 1. The predicted octanol–water partition coefficient (Wildman–Crippen LogP) is 1.43. The van der Waals surface area contributed by atoms with Gasteiger partial charge in [-0.05, 0) is 19.2 Å². The molecule has 0 saturated heterocycles. The quantitative estimate of drug-likeness (QED) is 0.897. The Hall–Kier alpha value is -2.14. The molecule has 1 aliphatic rings. The zero-order valence-electron chi connectivity index (χ0n) is 11.6. The maximum Gasteiger partial charge on any atom is 0.255 e. The topological polar surface area (TPSA) is 58.2 Å². The smallest absolute Gasteiger partial charge is 0.255 e. The van der Waals surface area contributed by atoms with Crippen LogP contribution >= 0.6 is 0 Å². The van der Waals surface area contributed by atoms with Crippen LogP contribution in [0.15, 0.2) is 29.1 Å². The van der Waals surface area contributed by atoms with Crippen LogP contribution in [0.25, 0.3) is 11.4 Å². The van der Waals surface area contributed by atoms with Gasteiger partial charge in [-0.2, -0.15) is 0 Å². The molecule has 1 aromatic carbocycles. The van der Waals surface area contributed by atoms with Crippen molar-refractivity contribution >= 4 is 0 Å². The van der Waals surface area contributed by atoms with Crippen LogP contribution < -0.4 is 10.3 Å². The van der Waals surface area contributed by atoms with Gasteiger partial charge in [-0.3, -0.25) is 4.79 Å². The van der Waals surface area contributed by atoms with Crippen molar-refractivity contribution in [2.24, 2.45) is 0 Å². The molecule has 0 radical (unpaired) electrons. The summed E-state index contributed by atoms with van der Waals surface area (Å²) < 4.78 is 5.21. The van der Waals surface area contributed by atoms with Gasteiger partial charge in [0, 0.05) is 25.1 Å². The minimum Gasteiger partial charge on any atom is -0.497 e. The zero-order chi connectivity index (χ0) is 14.1. The number of hydrogen-bond donors (Lipinski definition) is 1. The summed E-state index contributed by atoms with van der Waals surface area (Å²) in [6.07, 6.45) is 0.812. The highest BCUT2D eigenvalue weighted by molar-refractivity contribution is 5.57. The third-order valence-electron chi connectivity index (χ3n) is 3.60.